The lowest BCUT2D eigenvalue weighted by Crippen LogP contribution is -2.08. The number of nitrogens with zero attached hydrogens (tertiary/aromatic N) is 3. The maximum absolute atomic E-state index is 12.5. The van der Waals surface area contributed by atoms with Crippen LogP contribution in [0.3, 0.4) is 0 Å². The predicted molar refractivity (Wildman–Crippen MR) is 85.4 cm³/mol. The monoisotopic (exact) mass is 343 g/mol. The molecule has 0 saturated heterocycles. The molecule has 21 heavy (non-hydrogen) atoms. The Labute approximate surface area is 130 Å². The molecule has 0 N–H and O–H groups in total. The van der Waals surface area contributed by atoms with Crippen molar-refractivity contribution in [2.24, 2.45) is 7.05 Å². The van der Waals surface area contributed by atoms with E-state index in [0.717, 1.165) is 26.8 Å². The molecule has 0 fully saturated rings. The van der Waals surface area contributed by atoms with Crippen molar-refractivity contribution in [1.29, 1.82) is 0 Å². The highest BCUT2D eigenvalue weighted by Gasteiger charge is 2.16. The first-order valence-corrected chi connectivity index (χ1v) is 7.41. The number of pyridine rings is 1. The number of hydrogen-bond donors (Lipinski definition) is 0. The van der Waals surface area contributed by atoms with E-state index >= 15 is 0 Å². The molecule has 0 aliphatic rings. The average molecular weight is 344 g/mol. The minimum Gasteiger partial charge on any atom is -0.294 e. The molecule has 0 bridgehead atoms. The van der Waals surface area contributed by atoms with E-state index in [1.807, 2.05) is 44.3 Å². The number of fused-ring (bicyclic) bond motifs is 1. The van der Waals surface area contributed by atoms with Crippen molar-refractivity contribution in [3.05, 3.63) is 58.0 Å². The number of benzene rings is 1. The number of carbonyl (C=O) groups is 1. The number of carbonyl (C=O) groups excluding carboxylic acids is 1. The van der Waals surface area contributed by atoms with E-state index < -0.39 is 0 Å². The molecule has 0 aliphatic heterocycles. The third-order valence-electron chi connectivity index (χ3n) is 3.51. The summed E-state index contributed by atoms with van der Waals surface area (Å²) in [6.45, 7) is 1.92. The van der Waals surface area contributed by atoms with Crippen molar-refractivity contribution >= 4 is 32.6 Å². The van der Waals surface area contributed by atoms with E-state index in [2.05, 4.69) is 26.0 Å². The fourth-order valence-corrected chi connectivity index (χ4v) is 2.85. The van der Waals surface area contributed by atoms with E-state index in [-0.39, 0.29) is 5.78 Å². The van der Waals surface area contributed by atoms with Crippen molar-refractivity contribution in [2.75, 3.05) is 0 Å². The van der Waals surface area contributed by atoms with Gasteiger partial charge < -0.3 is 0 Å². The van der Waals surface area contributed by atoms with Gasteiger partial charge >= 0.3 is 0 Å². The topological polar surface area (TPSA) is 47.8 Å². The summed E-state index contributed by atoms with van der Waals surface area (Å²) < 4.78 is 2.65. The van der Waals surface area contributed by atoms with Crippen molar-refractivity contribution in [2.45, 2.75) is 13.3 Å². The van der Waals surface area contributed by atoms with Crippen molar-refractivity contribution in [3.8, 4) is 0 Å². The highest BCUT2D eigenvalue weighted by atomic mass is 79.9. The van der Waals surface area contributed by atoms with Crippen LogP contribution >= 0.6 is 15.9 Å². The minimum absolute atomic E-state index is 0.0736. The van der Waals surface area contributed by atoms with E-state index in [1.165, 1.54) is 0 Å². The quantitative estimate of drug-likeness (QED) is 0.684. The molecule has 3 rings (SSSR count). The lowest BCUT2D eigenvalue weighted by Gasteiger charge is -2.04. The van der Waals surface area contributed by atoms with Crippen molar-refractivity contribution in [1.82, 2.24) is 14.8 Å². The first-order chi connectivity index (χ1) is 10.1. The van der Waals surface area contributed by atoms with Gasteiger partial charge in [-0.2, -0.15) is 5.10 Å². The van der Waals surface area contributed by atoms with Gasteiger partial charge in [-0.15, -0.1) is 0 Å². The van der Waals surface area contributed by atoms with Gasteiger partial charge in [0.05, 0.1) is 27.8 Å². The summed E-state index contributed by atoms with van der Waals surface area (Å²) in [5.41, 5.74) is 3.37. The van der Waals surface area contributed by atoms with Crippen LogP contribution < -0.4 is 0 Å². The highest BCUT2D eigenvalue weighted by molar-refractivity contribution is 9.10. The summed E-state index contributed by atoms with van der Waals surface area (Å²) >= 11 is 3.50. The zero-order valence-corrected chi connectivity index (χ0v) is 13.4. The Balaban J connectivity index is 1.93. The van der Waals surface area contributed by atoms with Crippen LogP contribution in [0.15, 0.2) is 41.0 Å². The first kappa shape index (κ1) is 13.9. The molecule has 106 valence electrons. The number of aryl methyl sites for hydroxylation is 2. The Morgan fingerprint density at radius 3 is 2.86 bits per heavy atom. The molecule has 0 aliphatic carbocycles. The average Bonchev–Trinajstić information content (AvgIpc) is 2.73. The van der Waals surface area contributed by atoms with Crippen molar-refractivity contribution < 1.29 is 4.79 Å². The van der Waals surface area contributed by atoms with E-state index in [4.69, 9.17) is 0 Å². The van der Waals surface area contributed by atoms with Crippen LogP contribution in [0.1, 0.15) is 21.7 Å². The molecular weight excluding hydrogens is 330 g/mol. The lowest BCUT2D eigenvalue weighted by atomic mass is 10.0. The summed E-state index contributed by atoms with van der Waals surface area (Å²) in [7, 11) is 1.85. The molecule has 0 amide bonds. The zero-order chi connectivity index (χ0) is 15.0. The van der Waals surface area contributed by atoms with Gasteiger partial charge in [-0.1, -0.05) is 6.07 Å². The fourth-order valence-electron chi connectivity index (χ4n) is 2.38. The molecule has 0 unspecified atom stereocenters. The van der Waals surface area contributed by atoms with Crippen LogP contribution in [0, 0.1) is 6.92 Å². The fraction of sp³-hybridized carbons (Fsp3) is 0.188. The van der Waals surface area contributed by atoms with Gasteiger partial charge in [0, 0.05) is 24.2 Å². The molecule has 3 aromatic rings. The van der Waals surface area contributed by atoms with Gasteiger partial charge in [-0.05, 0) is 47.1 Å². The van der Waals surface area contributed by atoms with Crippen LogP contribution in [0.2, 0.25) is 0 Å². The molecule has 4 nitrogen and oxygen atoms in total. The van der Waals surface area contributed by atoms with Crippen LogP contribution in [0.5, 0.6) is 0 Å². The standard InChI is InChI=1S/C16H14BrN3O/c1-10-16(17)14(20(2)19-10)9-15(21)12-5-6-13-11(8-12)4-3-7-18-13/h3-8H,9H2,1-2H3. The van der Waals surface area contributed by atoms with Gasteiger partial charge in [-0.25, -0.2) is 0 Å². The number of halogens is 1. The first-order valence-electron chi connectivity index (χ1n) is 6.62. The van der Waals surface area contributed by atoms with Gasteiger partial charge in [0.25, 0.3) is 0 Å². The van der Waals surface area contributed by atoms with E-state index in [1.54, 1.807) is 10.9 Å². The second kappa shape index (κ2) is 5.41. The van der Waals surface area contributed by atoms with Crippen LogP contribution in [0.25, 0.3) is 10.9 Å². The summed E-state index contributed by atoms with van der Waals surface area (Å²) in [4.78, 5) is 16.8. The summed E-state index contributed by atoms with van der Waals surface area (Å²) in [6.07, 6.45) is 2.07. The summed E-state index contributed by atoms with van der Waals surface area (Å²) in [5.74, 6) is 0.0736. The second-order valence-corrected chi connectivity index (χ2v) is 5.77. The zero-order valence-electron chi connectivity index (χ0n) is 11.8. The summed E-state index contributed by atoms with van der Waals surface area (Å²) in [5, 5.41) is 5.29. The van der Waals surface area contributed by atoms with E-state index in [9.17, 15) is 4.79 Å². The molecule has 1 aromatic carbocycles. The molecule has 0 radical (unpaired) electrons. The third kappa shape index (κ3) is 2.61. The van der Waals surface area contributed by atoms with Gasteiger partial charge in [0.2, 0.25) is 0 Å². The van der Waals surface area contributed by atoms with Crippen LogP contribution in [-0.4, -0.2) is 20.5 Å². The number of aromatic nitrogens is 3. The van der Waals surface area contributed by atoms with Gasteiger partial charge in [-0.3, -0.25) is 14.5 Å². The Morgan fingerprint density at radius 2 is 2.14 bits per heavy atom. The highest BCUT2D eigenvalue weighted by Crippen LogP contribution is 2.22. The molecule has 0 spiro atoms. The smallest absolute Gasteiger partial charge is 0.168 e. The third-order valence-corrected chi connectivity index (χ3v) is 4.55. The number of ketones is 1. The lowest BCUT2D eigenvalue weighted by molar-refractivity contribution is 0.0990. The minimum atomic E-state index is 0.0736. The van der Waals surface area contributed by atoms with E-state index in [0.29, 0.717) is 12.0 Å². The number of Topliss-reactive ketones (excluding diaryl/α,β-unsaturated/α-hetero) is 1. The Morgan fingerprint density at radius 1 is 1.33 bits per heavy atom. The number of hydrogen-bond acceptors (Lipinski definition) is 3. The molecule has 5 heteroatoms. The maximum Gasteiger partial charge on any atom is 0.168 e. The van der Waals surface area contributed by atoms with Gasteiger partial charge in [0.1, 0.15) is 0 Å². The molecular formula is C16H14BrN3O. The Hall–Kier alpha value is -2.01. The molecule has 0 saturated carbocycles. The Kier molecular flexibility index (Phi) is 3.59. The Bertz CT molecular complexity index is 839. The normalized spacial score (nSPS) is 11.0. The number of rotatable bonds is 3. The molecule has 2 aromatic heterocycles. The molecule has 2 heterocycles. The predicted octanol–water partition coefficient (Wildman–Crippen LogP) is 3.46. The van der Waals surface area contributed by atoms with Crippen LogP contribution in [-0.2, 0) is 13.5 Å². The van der Waals surface area contributed by atoms with Gasteiger partial charge in [0.15, 0.2) is 5.78 Å². The largest absolute Gasteiger partial charge is 0.294 e. The molecule has 0 atom stereocenters. The van der Waals surface area contributed by atoms with Crippen LogP contribution in [0.4, 0.5) is 0 Å². The second-order valence-electron chi connectivity index (χ2n) is 4.98. The SMILES string of the molecule is Cc1nn(C)c(CC(=O)c2ccc3ncccc3c2)c1Br. The van der Waals surface area contributed by atoms with Crippen molar-refractivity contribution in [3.63, 3.8) is 0 Å². The summed E-state index contributed by atoms with van der Waals surface area (Å²) in [6, 6.07) is 9.43. The maximum atomic E-state index is 12.5.